The first-order valence-electron chi connectivity index (χ1n) is 7.73. The lowest BCUT2D eigenvalue weighted by Crippen LogP contribution is -2.23. The van der Waals surface area contributed by atoms with Crippen molar-refractivity contribution in [2.75, 3.05) is 13.1 Å². The Morgan fingerprint density at radius 1 is 1.45 bits per heavy atom. The Hall–Kier alpha value is -2.21. The van der Waals surface area contributed by atoms with Crippen molar-refractivity contribution in [3.05, 3.63) is 42.4 Å². The van der Waals surface area contributed by atoms with E-state index in [-0.39, 0.29) is 5.91 Å². The molecule has 6 nitrogen and oxygen atoms in total. The molecular weight excluding hydrogens is 278 g/mol. The Morgan fingerprint density at radius 3 is 3.18 bits per heavy atom. The van der Waals surface area contributed by atoms with Gasteiger partial charge in [0, 0.05) is 31.6 Å². The van der Waals surface area contributed by atoms with Crippen LogP contribution in [0.15, 0.2) is 36.8 Å². The minimum atomic E-state index is 0.115. The highest BCUT2D eigenvalue weighted by Gasteiger charge is 2.15. The largest absolute Gasteiger partial charge is 0.352 e. The van der Waals surface area contributed by atoms with Crippen LogP contribution in [0.3, 0.4) is 0 Å². The molecule has 2 aromatic heterocycles. The van der Waals surface area contributed by atoms with Crippen LogP contribution in [0, 0.1) is 5.92 Å². The molecule has 2 N–H and O–H groups in total. The number of pyridine rings is 1. The third-order valence-corrected chi connectivity index (χ3v) is 3.98. The first kappa shape index (κ1) is 14.7. The Bertz CT molecular complexity index is 605. The van der Waals surface area contributed by atoms with Crippen molar-refractivity contribution < 1.29 is 4.79 Å². The smallest absolute Gasteiger partial charge is 0.220 e. The monoisotopic (exact) mass is 299 g/mol. The maximum atomic E-state index is 11.9. The fourth-order valence-electron chi connectivity index (χ4n) is 2.69. The van der Waals surface area contributed by atoms with Crippen LogP contribution < -0.4 is 10.6 Å². The Kier molecular flexibility index (Phi) is 4.80. The fraction of sp³-hybridized carbons (Fsp3) is 0.438. The predicted molar refractivity (Wildman–Crippen MR) is 83.4 cm³/mol. The lowest BCUT2D eigenvalue weighted by molar-refractivity contribution is -0.121. The van der Waals surface area contributed by atoms with Crippen molar-refractivity contribution in [2.24, 2.45) is 5.92 Å². The summed E-state index contributed by atoms with van der Waals surface area (Å²) in [7, 11) is 0. The van der Waals surface area contributed by atoms with Crippen LogP contribution in [0.25, 0.3) is 5.82 Å². The van der Waals surface area contributed by atoms with Crippen LogP contribution in [0.5, 0.6) is 0 Å². The molecule has 1 aliphatic heterocycles. The SMILES string of the molecule is O=C(CCC1CCNC1)NCc1ccnc(-n2cccn2)c1. The van der Waals surface area contributed by atoms with Gasteiger partial charge in [0.2, 0.25) is 5.91 Å². The Balaban J connectivity index is 1.48. The predicted octanol–water partition coefficient (Wildman–Crippen LogP) is 1.27. The molecule has 3 rings (SSSR count). The molecule has 2 aromatic rings. The standard InChI is InChI=1S/C16H21N5O/c22-16(3-2-13-4-7-17-11-13)19-12-14-5-8-18-15(10-14)21-9-1-6-20-21/h1,5-6,8-10,13,17H,2-4,7,11-12H2,(H,19,22). The summed E-state index contributed by atoms with van der Waals surface area (Å²) in [4.78, 5) is 16.2. The molecule has 1 amide bonds. The van der Waals surface area contributed by atoms with Crippen LogP contribution in [-0.4, -0.2) is 33.8 Å². The molecule has 6 heteroatoms. The Labute approximate surface area is 129 Å². The van der Waals surface area contributed by atoms with E-state index in [9.17, 15) is 4.79 Å². The molecule has 0 saturated carbocycles. The molecule has 0 bridgehead atoms. The highest BCUT2D eigenvalue weighted by molar-refractivity contribution is 5.75. The molecule has 116 valence electrons. The minimum Gasteiger partial charge on any atom is -0.352 e. The van der Waals surface area contributed by atoms with Gasteiger partial charge in [-0.3, -0.25) is 4.79 Å². The Morgan fingerprint density at radius 2 is 2.41 bits per heavy atom. The van der Waals surface area contributed by atoms with Gasteiger partial charge in [0.05, 0.1) is 0 Å². The zero-order chi connectivity index (χ0) is 15.2. The number of rotatable bonds is 6. The second kappa shape index (κ2) is 7.17. The third-order valence-electron chi connectivity index (χ3n) is 3.98. The van der Waals surface area contributed by atoms with Gasteiger partial charge in [0.1, 0.15) is 0 Å². The van der Waals surface area contributed by atoms with E-state index in [1.165, 1.54) is 6.42 Å². The summed E-state index contributed by atoms with van der Waals surface area (Å²) in [5, 5.41) is 10.5. The number of carbonyl (C=O) groups excluding carboxylic acids is 1. The highest BCUT2D eigenvalue weighted by Crippen LogP contribution is 2.14. The first-order chi connectivity index (χ1) is 10.8. The average molecular weight is 299 g/mol. The van der Waals surface area contributed by atoms with Crippen molar-refractivity contribution in [3.63, 3.8) is 0 Å². The maximum absolute atomic E-state index is 11.9. The summed E-state index contributed by atoms with van der Waals surface area (Å²) in [5.41, 5.74) is 1.02. The van der Waals surface area contributed by atoms with E-state index in [1.54, 1.807) is 17.1 Å². The molecule has 1 aliphatic rings. The first-order valence-corrected chi connectivity index (χ1v) is 7.73. The zero-order valence-electron chi connectivity index (χ0n) is 12.5. The quantitative estimate of drug-likeness (QED) is 0.842. The van der Waals surface area contributed by atoms with E-state index < -0.39 is 0 Å². The number of aromatic nitrogens is 3. The van der Waals surface area contributed by atoms with Crippen LogP contribution in [0.2, 0.25) is 0 Å². The molecule has 0 aliphatic carbocycles. The molecule has 0 radical (unpaired) electrons. The van der Waals surface area contributed by atoms with E-state index in [1.807, 2.05) is 24.4 Å². The maximum Gasteiger partial charge on any atom is 0.220 e. The summed E-state index contributed by atoms with van der Waals surface area (Å²) in [5.74, 6) is 1.52. The van der Waals surface area contributed by atoms with E-state index in [2.05, 4.69) is 20.7 Å². The summed E-state index contributed by atoms with van der Waals surface area (Å²) in [6.07, 6.45) is 8.05. The third kappa shape index (κ3) is 3.92. The molecule has 1 fully saturated rings. The topological polar surface area (TPSA) is 71.8 Å². The van der Waals surface area contributed by atoms with Gasteiger partial charge in [0.15, 0.2) is 5.82 Å². The molecule has 3 heterocycles. The number of hydrogen-bond donors (Lipinski definition) is 2. The van der Waals surface area contributed by atoms with Crippen LogP contribution in [0.4, 0.5) is 0 Å². The molecular formula is C16H21N5O. The molecule has 22 heavy (non-hydrogen) atoms. The number of hydrogen-bond acceptors (Lipinski definition) is 4. The van der Waals surface area contributed by atoms with E-state index in [4.69, 9.17) is 0 Å². The van der Waals surface area contributed by atoms with Gasteiger partial charge in [-0.25, -0.2) is 9.67 Å². The van der Waals surface area contributed by atoms with Gasteiger partial charge in [-0.05, 0) is 55.6 Å². The fourth-order valence-corrected chi connectivity index (χ4v) is 2.69. The molecule has 0 spiro atoms. The summed E-state index contributed by atoms with van der Waals surface area (Å²) >= 11 is 0. The van der Waals surface area contributed by atoms with Gasteiger partial charge in [-0.2, -0.15) is 5.10 Å². The van der Waals surface area contributed by atoms with Gasteiger partial charge < -0.3 is 10.6 Å². The highest BCUT2D eigenvalue weighted by atomic mass is 16.1. The van der Waals surface area contributed by atoms with Crippen molar-refractivity contribution in [1.82, 2.24) is 25.4 Å². The number of nitrogens with zero attached hydrogens (tertiary/aromatic N) is 3. The second-order valence-corrected chi connectivity index (χ2v) is 5.65. The summed E-state index contributed by atoms with van der Waals surface area (Å²) < 4.78 is 1.71. The van der Waals surface area contributed by atoms with Gasteiger partial charge in [0.25, 0.3) is 0 Å². The van der Waals surface area contributed by atoms with Crippen LogP contribution in [0.1, 0.15) is 24.8 Å². The number of carbonyl (C=O) groups is 1. The van der Waals surface area contributed by atoms with Crippen molar-refractivity contribution in [1.29, 1.82) is 0 Å². The number of nitrogens with one attached hydrogen (secondary N) is 2. The zero-order valence-corrected chi connectivity index (χ0v) is 12.5. The van der Waals surface area contributed by atoms with Gasteiger partial charge in [-0.15, -0.1) is 0 Å². The second-order valence-electron chi connectivity index (χ2n) is 5.65. The van der Waals surface area contributed by atoms with Crippen molar-refractivity contribution in [3.8, 4) is 5.82 Å². The van der Waals surface area contributed by atoms with Crippen molar-refractivity contribution >= 4 is 5.91 Å². The van der Waals surface area contributed by atoms with Gasteiger partial charge in [-0.1, -0.05) is 0 Å². The average Bonchev–Trinajstić information content (AvgIpc) is 3.24. The lowest BCUT2D eigenvalue weighted by atomic mass is 10.0. The minimum absolute atomic E-state index is 0.115. The summed E-state index contributed by atoms with van der Waals surface area (Å²) in [6.45, 7) is 2.66. The van der Waals surface area contributed by atoms with Crippen molar-refractivity contribution in [2.45, 2.75) is 25.8 Å². The molecule has 1 saturated heterocycles. The lowest BCUT2D eigenvalue weighted by Gasteiger charge is -2.09. The molecule has 1 unspecified atom stereocenters. The van der Waals surface area contributed by atoms with Gasteiger partial charge >= 0.3 is 0 Å². The number of amides is 1. The molecule has 0 aromatic carbocycles. The normalized spacial score (nSPS) is 17.5. The molecule has 1 atom stereocenters. The van der Waals surface area contributed by atoms with Crippen LogP contribution in [-0.2, 0) is 11.3 Å². The van der Waals surface area contributed by atoms with Crippen LogP contribution >= 0.6 is 0 Å². The summed E-state index contributed by atoms with van der Waals surface area (Å²) in [6, 6.07) is 5.70. The van der Waals surface area contributed by atoms with E-state index in [0.29, 0.717) is 18.9 Å². The van der Waals surface area contributed by atoms with E-state index in [0.717, 1.165) is 30.9 Å². The van der Waals surface area contributed by atoms with E-state index >= 15 is 0 Å².